The Morgan fingerprint density at radius 1 is 1.25 bits per heavy atom. The first-order valence-corrected chi connectivity index (χ1v) is 8.33. The Morgan fingerprint density at radius 2 is 2.05 bits per heavy atom. The first kappa shape index (κ1) is 13.6. The number of hydrogen-bond donors (Lipinski definition) is 2. The van der Waals surface area contributed by atoms with Gasteiger partial charge in [0.15, 0.2) is 5.17 Å². The Hall–Kier alpha value is -1.39. The second-order valence-electron chi connectivity index (χ2n) is 4.89. The SMILES string of the molecule is Cc1ccc2c(c1)C(SC(=N)N)c1ccccc1CS2. The zero-order valence-electron chi connectivity index (χ0n) is 11.2. The van der Waals surface area contributed by atoms with E-state index >= 15 is 0 Å². The van der Waals surface area contributed by atoms with Crippen molar-refractivity contribution in [2.45, 2.75) is 22.8 Å². The number of nitrogens with two attached hydrogens (primary N) is 1. The van der Waals surface area contributed by atoms with E-state index in [0.29, 0.717) is 0 Å². The van der Waals surface area contributed by atoms with Crippen molar-refractivity contribution in [2.24, 2.45) is 5.73 Å². The molecule has 0 bridgehead atoms. The van der Waals surface area contributed by atoms with Crippen LogP contribution in [0, 0.1) is 12.3 Å². The molecule has 0 saturated carbocycles. The average molecular weight is 300 g/mol. The Balaban J connectivity index is 2.18. The van der Waals surface area contributed by atoms with Crippen LogP contribution in [0.3, 0.4) is 0 Å². The van der Waals surface area contributed by atoms with Crippen molar-refractivity contribution in [1.29, 1.82) is 5.41 Å². The molecule has 3 N–H and O–H groups in total. The highest BCUT2D eigenvalue weighted by molar-refractivity contribution is 8.14. The molecule has 1 aliphatic heterocycles. The summed E-state index contributed by atoms with van der Waals surface area (Å²) in [6, 6.07) is 15.0. The lowest BCUT2D eigenvalue weighted by molar-refractivity contribution is 1.09. The van der Waals surface area contributed by atoms with E-state index in [1.165, 1.54) is 38.9 Å². The van der Waals surface area contributed by atoms with E-state index in [9.17, 15) is 0 Å². The highest BCUT2D eigenvalue weighted by atomic mass is 32.2. The topological polar surface area (TPSA) is 49.9 Å². The predicted octanol–water partition coefficient (Wildman–Crippen LogP) is 4.32. The van der Waals surface area contributed by atoms with Crippen LogP contribution in [0.1, 0.15) is 27.5 Å². The second kappa shape index (κ2) is 5.54. The molecule has 0 saturated heterocycles. The van der Waals surface area contributed by atoms with E-state index in [1.807, 2.05) is 11.8 Å². The van der Waals surface area contributed by atoms with Crippen molar-refractivity contribution >= 4 is 28.7 Å². The van der Waals surface area contributed by atoms with E-state index in [-0.39, 0.29) is 10.4 Å². The Kier molecular flexibility index (Phi) is 3.76. The molecule has 1 unspecified atom stereocenters. The number of rotatable bonds is 1. The number of aryl methyl sites for hydroxylation is 1. The number of hydrogen-bond acceptors (Lipinski definition) is 3. The van der Waals surface area contributed by atoms with Gasteiger partial charge >= 0.3 is 0 Å². The normalized spacial score (nSPS) is 16.9. The van der Waals surface area contributed by atoms with Crippen molar-refractivity contribution in [1.82, 2.24) is 0 Å². The molecule has 0 radical (unpaired) electrons. The van der Waals surface area contributed by atoms with Gasteiger partial charge in [0.1, 0.15) is 0 Å². The molecule has 4 heteroatoms. The summed E-state index contributed by atoms with van der Waals surface area (Å²) in [7, 11) is 0. The Morgan fingerprint density at radius 3 is 2.85 bits per heavy atom. The molecule has 3 rings (SSSR count). The fourth-order valence-electron chi connectivity index (χ4n) is 2.50. The van der Waals surface area contributed by atoms with E-state index in [1.54, 1.807) is 0 Å². The summed E-state index contributed by atoms with van der Waals surface area (Å²) < 4.78 is 0. The molecule has 1 aliphatic rings. The van der Waals surface area contributed by atoms with Gasteiger partial charge in [0.05, 0.1) is 5.25 Å². The molecule has 1 atom stereocenters. The van der Waals surface area contributed by atoms with Gasteiger partial charge in [0.25, 0.3) is 0 Å². The van der Waals surface area contributed by atoms with Crippen molar-refractivity contribution in [3.63, 3.8) is 0 Å². The first-order chi connectivity index (χ1) is 9.65. The summed E-state index contributed by atoms with van der Waals surface area (Å²) in [5.74, 6) is 0.973. The summed E-state index contributed by atoms with van der Waals surface area (Å²) in [5.41, 5.74) is 10.8. The highest BCUT2D eigenvalue weighted by Crippen LogP contribution is 2.46. The minimum Gasteiger partial charge on any atom is -0.379 e. The lowest BCUT2D eigenvalue weighted by Crippen LogP contribution is -2.10. The number of fused-ring (bicyclic) bond motifs is 2. The zero-order chi connectivity index (χ0) is 14.1. The molecule has 0 aliphatic carbocycles. The lowest BCUT2D eigenvalue weighted by Gasteiger charge is -2.19. The zero-order valence-corrected chi connectivity index (χ0v) is 12.9. The third kappa shape index (κ3) is 2.58. The summed E-state index contributed by atoms with van der Waals surface area (Å²) in [4.78, 5) is 1.30. The van der Waals surface area contributed by atoms with E-state index < -0.39 is 0 Å². The molecule has 0 aromatic heterocycles. The van der Waals surface area contributed by atoms with Gasteiger partial charge in [0.2, 0.25) is 0 Å². The first-order valence-electron chi connectivity index (χ1n) is 6.47. The molecular weight excluding hydrogens is 284 g/mol. The Labute approximate surface area is 127 Å². The third-order valence-electron chi connectivity index (χ3n) is 3.41. The molecule has 0 fully saturated rings. The number of nitrogens with one attached hydrogen (secondary N) is 1. The molecule has 0 spiro atoms. The van der Waals surface area contributed by atoms with Crippen LogP contribution in [0.2, 0.25) is 0 Å². The summed E-state index contributed by atoms with van der Waals surface area (Å²) >= 11 is 3.30. The van der Waals surface area contributed by atoms with Gasteiger partial charge in [0, 0.05) is 10.6 Å². The van der Waals surface area contributed by atoms with Crippen LogP contribution < -0.4 is 5.73 Å². The van der Waals surface area contributed by atoms with Crippen LogP contribution in [-0.2, 0) is 5.75 Å². The quantitative estimate of drug-likeness (QED) is 0.609. The summed E-state index contributed by atoms with van der Waals surface area (Å²) in [6.07, 6.45) is 0. The molecule has 2 aromatic rings. The highest BCUT2D eigenvalue weighted by Gasteiger charge is 2.25. The van der Waals surface area contributed by atoms with Gasteiger partial charge in [-0.1, -0.05) is 53.7 Å². The molecule has 2 nitrogen and oxygen atoms in total. The predicted molar refractivity (Wildman–Crippen MR) is 88.5 cm³/mol. The maximum Gasteiger partial charge on any atom is 0.151 e. The van der Waals surface area contributed by atoms with Gasteiger partial charge in [-0.05, 0) is 29.7 Å². The van der Waals surface area contributed by atoms with Crippen molar-refractivity contribution in [3.05, 3.63) is 64.7 Å². The molecule has 2 aromatic carbocycles. The van der Waals surface area contributed by atoms with Crippen LogP contribution in [0.15, 0.2) is 47.4 Å². The summed E-state index contributed by atoms with van der Waals surface area (Å²) in [5, 5.41) is 7.96. The molecule has 0 amide bonds. The van der Waals surface area contributed by atoms with Gasteiger partial charge in [-0.15, -0.1) is 11.8 Å². The maximum atomic E-state index is 7.67. The summed E-state index contributed by atoms with van der Waals surface area (Å²) in [6.45, 7) is 2.11. The van der Waals surface area contributed by atoms with Crippen molar-refractivity contribution in [3.8, 4) is 0 Å². The fraction of sp³-hybridized carbons (Fsp3) is 0.188. The molecule has 20 heavy (non-hydrogen) atoms. The number of amidine groups is 1. The Bertz CT molecular complexity index is 667. The van der Waals surface area contributed by atoms with E-state index in [2.05, 4.69) is 49.4 Å². The maximum absolute atomic E-state index is 7.67. The van der Waals surface area contributed by atoms with Gasteiger partial charge in [-0.25, -0.2) is 0 Å². The third-order valence-corrected chi connectivity index (χ3v) is 5.55. The van der Waals surface area contributed by atoms with Gasteiger partial charge in [-0.3, -0.25) is 5.41 Å². The van der Waals surface area contributed by atoms with Crippen molar-refractivity contribution < 1.29 is 0 Å². The van der Waals surface area contributed by atoms with Crippen LogP contribution >= 0.6 is 23.5 Å². The molecular formula is C16H16N2S2. The van der Waals surface area contributed by atoms with Crippen LogP contribution in [0.5, 0.6) is 0 Å². The van der Waals surface area contributed by atoms with Crippen LogP contribution in [0.25, 0.3) is 0 Å². The van der Waals surface area contributed by atoms with Gasteiger partial charge in [-0.2, -0.15) is 0 Å². The fourth-order valence-corrected chi connectivity index (χ4v) is 4.59. The minimum absolute atomic E-state index is 0.119. The smallest absolute Gasteiger partial charge is 0.151 e. The van der Waals surface area contributed by atoms with Crippen LogP contribution in [0.4, 0.5) is 0 Å². The standard InChI is InChI=1S/C16H16N2S2/c1-10-6-7-14-13(8-10)15(20-16(17)18)12-5-3-2-4-11(12)9-19-14/h2-8,15H,9H2,1H3,(H3,17,18). The average Bonchev–Trinajstić information content (AvgIpc) is 2.57. The largest absolute Gasteiger partial charge is 0.379 e. The lowest BCUT2D eigenvalue weighted by atomic mass is 9.99. The van der Waals surface area contributed by atoms with Gasteiger partial charge < -0.3 is 5.73 Å². The molecule has 1 heterocycles. The van der Waals surface area contributed by atoms with E-state index in [4.69, 9.17) is 11.1 Å². The minimum atomic E-state index is 0.119. The monoisotopic (exact) mass is 300 g/mol. The molecule has 102 valence electrons. The second-order valence-corrected chi connectivity index (χ2v) is 7.06. The van der Waals surface area contributed by atoms with Crippen molar-refractivity contribution in [2.75, 3.05) is 0 Å². The number of thioether (sulfide) groups is 2. The number of benzene rings is 2. The van der Waals surface area contributed by atoms with E-state index in [0.717, 1.165) is 5.75 Å². The van der Waals surface area contributed by atoms with Crippen LogP contribution in [-0.4, -0.2) is 5.17 Å².